The lowest BCUT2D eigenvalue weighted by Gasteiger charge is -2.31. The molecule has 0 saturated carbocycles. The zero-order chi connectivity index (χ0) is 16.1. The Morgan fingerprint density at radius 1 is 1.36 bits per heavy atom. The van der Waals surface area contributed by atoms with E-state index in [2.05, 4.69) is 10.6 Å². The Labute approximate surface area is 133 Å². The monoisotopic (exact) mass is 327 g/mol. The van der Waals surface area contributed by atoms with Gasteiger partial charge in [-0.25, -0.2) is 4.39 Å². The molecule has 0 aliphatic carbocycles. The van der Waals surface area contributed by atoms with Crippen LogP contribution in [0.1, 0.15) is 19.8 Å². The maximum Gasteiger partial charge on any atom is 0.239 e. The minimum atomic E-state index is -0.413. The highest BCUT2D eigenvalue weighted by Crippen LogP contribution is 2.22. The van der Waals surface area contributed by atoms with Gasteiger partial charge in [-0.05, 0) is 31.0 Å². The van der Waals surface area contributed by atoms with Crippen LogP contribution in [0.4, 0.5) is 10.1 Å². The summed E-state index contributed by atoms with van der Waals surface area (Å²) >= 11 is 5.92. The zero-order valence-electron chi connectivity index (χ0n) is 12.4. The molecule has 5 nitrogen and oxygen atoms in total. The number of rotatable bonds is 4. The molecule has 7 heteroatoms. The first-order chi connectivity index (χ1) is 10.5. The Kier molecular flexibility index (Phi) is 5.60. The Morgan fingerprint density at radius 3 is 2.68 bits per heavy atom. The fraction of sp³-hybridized carbons (Fsp3) is 0.467. The van der Waals surface area contributed by atoms with Crippen LogP contribution in [0.25, 0.3) is 0 Å². The third kappa shape index (κ3) is 4.59. The van der Waals surface area contributed by atoms with E-state index in [4.69, 9.17) is 11.6 Å². The van der Waals surface area contributed by atoms with Crippen LogP contribution in [0.3, 0.4) is 0 Å². The number of carbonyl (C=O) groups excluding carboxylic acids is 2. The molecule has 1 heterocycles. The topological polar surface area (TPSA) is 61.4 Å². The molecule has 2 N–H and O–H groups in total. The lowest BCUT2D eigenvalue weighted by Crippen LogP contribution is -2.47. The number of likely N-dealkylation sites (tertiary alicyclic amines) is 1. The van der Waals surface area contributed by atoms with E-state index in [0.29, 0.717) is 23.8 Å². The van der Waals surface area contributed by atoms with E-state index in [1.165, 1.54) is 18.2 Å². The van der Waals surface area contributed by atoms with Crippen LogP contribution >= 0.6 is 11.6 Å². The second-order valence-electron chi connectivity index (χ2n) is 5.33. The standard InChI is InChI=1S/C15H19ClFN3O2/c1-10(21)20-6-4-12(5-7-20)19-15(22)9-18-14-8-11(17)2-3-13(14)16/h2-3,8,12,18H,4-7,9H2,1H3,(H,19,22). The van der Waals surface area contributed by atoms with Gasteiger partial charge < -0.3 is 15.5 Å². The van der Waals surface area contributed by atoms with E-state index in [0.717, 1.165) is 12.8 Å². The lowest BCUT2D eigenvalue weighted by molar-refractivity contribution is -0.130. The van der Waals surface area contributed by atoms with Gasteiger partial charge in [-0.15, -0.1) is 0 Å². The van der Waals surface area contributed by atoms with Gasteiger partial charge in [-0.3, -0.25) is 9.59 Å². The van der Waals surface area contributed by atoms with Crippen molar-refractivity contribution in [2.24, 2.45) is 0 Å². The molecule has 22 heavy (non-hydrogen) atoms. The first-order valence-electron chi connectivity index (χ1n) is 7.19. The fourth-order valence-electron chi connectivity index (χ4n) is 2.43. The first-order valence-corrected chi connectivity index (χ1v) is 7.57. The summed E-state index contributed by atoms with van der Waals surface area (Å²) < 4.78 is 13.1. The zero-order valence-corrected chi connectivity index (χ0v) is 13.1. The average molecular weight is 328 g/mol. The van der Waals surface area contributed by atoms with Crippen molar-refractivity contribution in [1.29, 1.82) is 0 Å². The summed E-state index contributed by atoms with van der Waals surface area (Å²) in [5.41, 5.74) is 0.392. The normalized spacial score (nSPS) is 15.5. The van der Waals surface area contributed by atoms with Crippen LogP contribution in [0.15, 0.2) is 18.2 Å². The molecule has 2 rings (SSSR count). The minimum absolute atomic E-state index is 0.0239. The molecular weight excluding hydrogens is 309 g/mol. The maximum atomic E-state index is 13.1. The number of nitrogens with one attached hydrogen (secondary N) is 2. The number of halogens is 2. The summed E-state index contributed by atoms with van der Waals surface area (Å²) in [4.78, 5) is 24.9. The summed E-state index contributed by atoms with van der Waals surface area (Å²) in [6.45, 7) is 2.88. The number of piperidine rings is 1. The molecule has 1 fully saturated rings. The molecule has 2 amide bonds. The summed E-state index contributed by atoms with van der Waals surface area (Å²) in [6.07, 6.45) is 1.48. The summed E-state index contributed by atoms with van der Waals surface area (Å²) in [7, 11) is 0. The molecule has 0 atom stereocenters. The largest absolute Gasteiger partial charge is 0.375 e. The van der Waals surface area contributed by atoms with Gasteiger partial charge >= 0.3 is 0 Å². The second kappa shape index (κ2) is 7.45. The highest BCUT2D eigenvalue weighted by atomic mass is 35.5. The van der Waals surface area contributed by atoms with Crippen molar-refractivity contribution in [2.75, 3.05) is 25.0 Å². The van der Waals surface area contributed by atoms with Crippen LogP contribution in [0.5, 0.6) is 0 Å². The number of hydrogen-bond donors (Lipinski definition) is 2. The number of carbonyl (C=O) groups is 2. The van der Waals surface area contributed by atoms with Crippen molar-refractivity contribution in [3.05, 3.63) is 29.0 Å². The first kappa shape index (κ1) is 16.5. The number of nitrogens with zero attached hydrogens (tertiary/aromatic N) is 1. The molecule has 0 aromatic heterocycles. The summed E-state index contributed by atoms with van der Waals surface area (Å²) in [5, 5.41) is 6.09. The minimum Gasteiger partial charge on any atom is -0.375 e. The Hall–Kier alpha value is -1.82. The molecule has 1 aromatic rings. The molecule has 1 aliphatic rings. The predicted molar refractivity (Wildman–Crippen MR) is 83.3 cm³/mol. The average Bonchev–Trinajstić information content (AvgIpc) is 2.49. The van der Waals surface area contributed by atoms with E-state index in [9.17, 15) is 14.0 Å². The van der Waals surface area contributed by atoms with Gasteiger partial charge in [0.1, 0.15) is 5.82 Å². The van der Waals surface area contributed by atoms with Crippen molar-refractivity contribution in [1.82, 2.24) is 10.2 Å². The quantitative estimate of drug-likeness (QED) is 0.889. The van der Waals surface area contributed by atoms with Crippen molar-refractivity contribution in [3.8, 4) is 0 Å². The molecule has 0 radical (unpaired) electrons. The summed E-state index contributed by atoms with van der Waals surface area (Å²) in [6, 6.07) is 4.01. The number of hydrogen-bond acceptors (Lipinski definition) is 3. The van der Waals surface area contributed by atoms with Gasteiger partial charge in [-0.1, -0.05) is 11.6 Å². The van der Waals surface area contributed by atoms with E-state index in [1.807, 2.05) is 0 Å². The van der Waals surface area contributed by atoms with Crippen molar-refractivity contribution >= 4 is 29.1 Å². The third-order valence-electron chi connectivity index (χ3n) is 3.67. The molecule has 1 saturated heterocycles. The van der Waals surface area contributed by atoms with Gasteiger partial charge in [0.2, 0.25) is 11.8 Å². The number of anilines is 1. The van der Waals surface area contributed by atoms with Crippen LogP contribution in [0, 0.1) is 5.82 Å². The highest BCUT2D eigenvalue weighted by Gasteiger charge is 2.21. The van der Waals surface area contributed by atoms with Crippen LogP contribution in [0.2, 0.25) is 5.02 Å². The fourth-order valence-corrected chi connectivity index (χ4v) is 2.61. The van der Waals surface area contributed by atoms with E-state index in [1.54, 1.807) is 11.8 Å². The molecule has 0 spiro atoms. The van der Waals surface area contributed by atoms with E-state index >= 15 is 0 Å². The maximum absolute atomic E-state index is 13.1. The van der Waals surface area contributed by atoms with Crippen molar-refractivity contribution < 1.29 is 14.0 Å². The highest BCUT2D eigenvalue weighted by molar-refractivity contribution is 6.33. The van der Waals surface area contributed by atoms with Crippen molar-refractivity contribution in [3.63, 3.8) is 0 Å². The Balaban J connectivity index is 1.77. The molecule has 0 unspecified atom stereocenters. The molecule has 0 bridgehead atoms. The van der Waals surface area contributed by atoms with Gasteiger partial charge in [0, 0.05) is 26.1 Å². The van der Waals surface area contributed by atoms with E-state index in [-0.39, 0.29) is 24.4 Å². The van der Waals surface area contributed by atoms with Crippen LogP contribution in [-0.2, 0) is 9.59 Å². The van der Waals surface area contributed by atoms with Gasteiger partial charge in [-0.2, -0.15) is 0 Å². The molecule has 1 aliphatic heterocycles. The Bertz CT molecular complexity index is 560. The van der Waals surface area contributed by atoms with Gasteiger partial charge in [0.05, 0.1) is 17.3 Å². The van der Waals surface area contributed by atoms with E-state index < -0.39 is 5.82 Å². The lowest BCUT2D eigenvalue weighted by atomic mass is 10.1. The van der Waals surface area contributed by atoms with Crippen LogP contribution < -0.4 is 10.6 Å². The third-order valence-corrected chi connectivity index (χ3v) is 4.00. The molecule has 120 valence electrons. The van der Waals surface area contributed by atoms with Crippen molar-refractivity contribution in [2.45, 2.75) is 25.8 Å². The number of amides is 2. The molecule has 1 aromatic carbocycles. The Morgan fingerprint density at radius 2 is 2.05 bits per heavy atom. The molecular formula is C15H19ClFN3O2. The van der Waals surface area contributed by atoms with Gasteiger partial charge in [0.25, 0.3) is 0 Å². The SMILES string of the molecule is CC(=O)N1CCC(NC(=O)CNc2cc(F)ccc2Cl)CC1. The van der Waals surface area contributed by atoms with Crippen LogP contribution in [-0.4, -0.2) is 42.4 Å². The van der Waals surface area contributed by atoms with Gasteiger partial charge in [0.15, 0.2) is 0 Å². The summed E-state index contributed by atoms with van der Waals surface area (Å²) in [5.74, 6) is -0.530. The smallest absolute Gasteiger partial charge is 0.239 e. The predicted octanol–water partition coefficient (Wildman–Crippen LogP) is 2.02. The number of benzene rings is 1. The second-order valence-corrected chi connectivity index (χ2v) is 5.73.